The van der Waals surface area contributed by atoms with Gasteiger partial charge < -0.3 is 37.6 Å². The Hall–Kier alpha value is -9.75. The third kappa shape index (κ3) is 22.7. The number of aromatic nitrogens is 2. The molecule has 8 rings (SSSR count). The van der Waals surface area contributed by atoms with Crippen LogP contribution in [-0.4, -0.2) is 148 Å². The third-order valence-electron chi connectivity index (χ3n) is 21.2. The second-order valence-corrected chi connectivity index (χ2v) is 45.5. The van der Waals surface area contributed by atoms with Crippen LogP contribution in [-0.2, 0) is 65.2 Å². The standard InChI is InChI=1S/C88H112F6N8O12Si2/c1-25-67(77(103)99(19)81(107)111-83(3,4)5)95-69(79(105)101-51-87(15,16)73-71(101)43-55(41-53-31-35-57(89)36-32-53)75(97-73)113-115(21,22)85(9,10)11)49-61-63(91)45-59(46-64(61)92)109-39-29-27-28-30-40-110-60-47-65(93)62(66(94)48-60)50-70(96-68(26-2)78(104)100(20)82(108)112-84(6,7)8)80(106)102-52-88(17,18)74-72(102)44-56(42-54-33-37-58(90)38-34-54)76(98-74)114-116(23,24)86(12,13)14/h31-38,43-48,67-70,95-96H,25-26,39-42,49-52H2,1-24H3/t67-,68-,69-,70-/m0/s1. The maximum Gasteiger partial charge on any atom is 0.416 e. The quantitative estimate of drug-likeness (QED) is 0.0293. The number of carbonyl (C=O) groups is 6. The van der Waals surface area contributed by atoms with Crippen molar-refractivity contribution in [1.29, 1.82) is 0 Å². The molecule has 116 heavy (non-hydrogen) atoms. The lowest BCUT2D eigenvalue weighted by atomic mass is 9.90. The van der Waals surface area contributed by atoms with Gasteiger partial charge in [-0.3, -0.25) is 29.8 Å². The number of imide groups is 2. The fourth-order valence-electron chi connectivity index (χ4n) is 12.7. The van der Waals surface area contributed by atoms with E-state index in [-0.39, 0.29) is 60.3 Å². The lowest BCUT2D eigenvalue weighted by Crippen LogP contribution is -2.56. The fraction of sp³-hybridized carbons (Fsp3) is 0.500. The number of ether oxygens (including phenoxy) is 4. The van der Waals surface area contributed by atoms with E-state index in [1.807, 2.05) is 27.7 Å². The molecule has 4 atom stereocenters. The molecule has 0 saturated heterocycles. The number of hydrogen-bond donors (Lipinski definition) is 2. The summed E-state index contributed by atoms with van der Waals surface area (Å²) in [6, 6.07) is 13.7. The molecule has 0 bridgehead atoms. The number of pyridine rings is 2. The number of nitrogens with one attached hydrogen (secondary N) is 2. The molecular weight excluding hydrogens is 1530 g/mol. The second-order valence-electron chi connectivity index (χ2n) is 36.0. The summed E-state index contributed by atoms with van der Waals surface area (Å²) < 4.78 is 131. The number of carbonyl (C=O) groups excluding carboxylic acids is 6. The molecule has 0 fully saturated rings. The molecule has 2 aliphatic heterocycles. The molecule has 2 aromatic heterocycles. The Morgan fingerprint density at radius 3 is 1.09 bits per heavy atom. The Labute approximate surface area is 681 Å². The van der Waals surface area contributed by atoms with Crippen LogP contribution in [0.3, 0.4) is 0 Å². The summed E-state index contributed by atoms with van der Waals surface area (Å²) in [7, 11) is -2.64. The number of anilines is 2. The lowest BCUT2D eigenvalue weighted by Gasteiger charge is -2.36. The van der Waals surface area contributed by atoms with Crippen molar-refractivity contribution in [3.63, 3.8) is 0 Å². The van der Waals surface area contributed by atoms with E-state index >= 15 is 27.2 Å². The van der Waals surface area contributed by atoms with Gasteiger partial charge >= 0.3 is 12.2 Å². The highest BCUT2D eigenvalue weighted by molar-refractivity contribution is 6.75. The van der Waals surface area contributed by atoms with Gasteiger partial charge in [0.05, 0.1) is 46.9 Å². The summed E-state index contributed by atoms with van der Waals surface area (Å²) in [5, 5.41) is 5.64. The van der Waals surface area contributed by atoms with Crippen LogP contribution in [0.2, 0.25) is 36.3 Å². The lowest BCUT2D eigenvalue weighted by molar-refractivity contribution is -0.133. The molecule has 0 aliphatic carbocycles. The number of nitrogens with zero attached hydrogens (tertiary/aromatic N) is 6. The van der Waals surface area contributed by atoms with Crippen LogP contribution < -0.4 is 38.8 Å². The zero-order valence-electron chi connectivity index (χ0n) is 71.3. The van der Waals surface area contributed by atoms with Crippen molar-refractivity contribution in [2.75, 3.05) is 50.2 Å². The summed E-state index contributed by atoms with van der Waals surface area (Å²) in [4.78, 5) is 101. The van der Waals surface area contributed by atoms with Gasteiger partial charge in [-0.1, -0.05) is 107 Å². The van der Waals surface area contributed by atoms with Gasteiger partial charge in [-0.05, 0) is 162 Å². The van der Waals surface area contributed by atoms with Crippen LogP contribution in [0.5, 0.6) is 23.3 Å². The van der Waals surface area contributed by atoms with Gasteiger partial charge in [0.15, 0.2) is 0 Å². The predicted molar refractivity (Wildman–Crippen MR) is 440 cm³/mol. The average Bonchev–Trinajstić information content (AvgIpc) is 1.59. The first kappa shape index (κ1) is 91.8. The van der Waals surface area contributed by atoms with Crippen molar-refractivity contribution >= 4 is 63.8 Å². The predicted octanol–water partition coefficient (Wildman–Crippen LogP) is 16.7. The van der Waals surface area contributed by atoms with Gasteiger partial charge in [-0.15, -0.1) is 0 Å². The van der Waals surface area contributed by atoms with Crippen LogP contribution in [0.15, 0.2) is 84.9 Å². The average molecular weight is 1640 g/mol. The molecule has 0 radical (unpaired) electrons. The number of likely N-dealkylation sites (N-methyl/N-ethyl adjacent to an activating group) is 2. The summed E-state index contributed by atoms with van der Waals surface area (Å²) in [5.74, 6) is 2.32. The monoisotopic (exact) mass is 1640 g/mol. The summed E-state index contributed by atoms with van der Waals surface area (Å²) >= 11 is 0. The highest BCUT2D eigenvalue weighted by atomic mass is 28.4. The number of hydrogen-bond acceptors (Lipinski definition) is 16. The molecule has 0 saturated carbocycles. The molecular formula is C88H112F6N8O12Si2. The Kier molecular flexibility index (Phi) is 28.5. The second kappa shape index (κ2) is 36.0. The molecule has 28 heteroatoms. The smallest absolute Gasteiger partial charge is 0.416 e. The zero-order chi connectivity index (χ0) is 86.5. The van der Waals surface area contributed by atoms with Crippen LogP contribution in [0.1, 0.15) is 182 Å². The summed E-state index contributed by atoms with van der Waals surface area (Å²) in [5.41, 5.74) is -0.167. The largest absolute Gasteiger partial charge is 0.530 e. The highest BCUT2D eigenvalue weighted by Crippen LogP contribution is 2.48. The van der Waals surface area contributed by atoms with Crippen LogP contribution in [0, 0.1) is 58.6 Å². The SMILES string of the molecule is CC[C@H](N[C@@H](Cc1c(F)cc(OCC#CC#CCOc2cc(F)c(C[C@H](N[C@@H](CC)C(=O)N(C)C(=O)OC(C)(C)C)C(=O)N3CC(C)(C)c4nc(O[Si](C)(C)C(C)(C)C)c(Cc5ccc(F)cc5)cc43)c(F)c2)cc1F)C(=O)N1CC(C)(C)c2nc(O[Si](C)(C)C(C)(C)C)c(Cc3ccc(F)cc3)cc21)C(=O)N(C)C(=O)OC(C)(C)C. The Morgan fingerprint density at radius 2 is 0.810 bits per heavy atom. The van der Waals surface area contributed by atoms with Gasteiger partial charge in [0, 0.05) is 110 Å². The van der Waals surface area contributed by atoms with Crippen molar-refractivity contribution in [1.82, 2.24) is 30.4 Å². The zero-order valence-corrected chi connectivity index (χ0v) is 73.3. The van der Waals surface area contributed by atoms with Crippen molar-refractivity contribution in [3.05, 3.63) is 165 Å². The molecule has 20 nitrogen and oxygen atoms in total. The molecule has 6 aromatic rings. The minimum Gasteiger partial charge on any atom is -0.530 e. The molecule has 626 valence electrons. The van der Waals surface area contributed by atoms with E-state index < -0.39 is 171 Å². The van der Waals surface area contributed by atoms with E-state index in [4.69, 9.17) is 37.8 Å². The van der Waals surface area contributed by atoms with E-state index in [1.54, 1.807) is 91.8 Å². The summed E-state index contributed by atoms with van der Waals surface area (Å²) in [6.45, 7) is 40.8. The van der Waals surface area contributed by atoms with Crippen LogP contribution in [0.25, 0.3) is 0 Å². The molecule has 0 unspecified atom stereocenters. The first-order chi connectivity index (χ1) is 53.6. The topological polar surface area (TPSA) is 221 Å². The van der Waals surface area contributed by atoms with Crippen molar-refractivity contribution in [2.45, 2.75) is 246 Å². The van der Waals surface area contributed by atoms with Crippen molar-refractivity contribution < 1.29 is 82.9 Å². The maximum atomic E-state index is 16.6. The van der Waals surface area contributed by atoms with E-state index in [9.17, 15) is 28.0 Å². The Bertz CT molecular complexity index is 4450. The van der Waals surface area contributed by atoms with Gasteiger partial charge in [0.2, 0.25) is 35.4 Å². The van der Waals surface area contributed by atoms with Gasteiger partial charge in [-0.2, -0.15) is 0 Å². The van der Waals surface area contributed by atoms with Crippen LogP contribution >= 0.6 is 0 Å². The number of rotatable bonds is 26. The van der Waals surface area contributed by atoms with Gasteiger partial charge in [-0.25, -0.2) is 55.7 Å². The molecule has 4 aromatic carbocycles. The van der Waals surface area contributed by atoms with E-state index in [0.29, 0.717) is 45.6 Å². The highest BCUT2D eigenvalue weighted by Gasteiger charge is 2.49. The Morgan fingerprint density at radius 1 is 0.500 bits per heavy atom. The fourth-order valence-corrected chi connectivity index (χ4v) is 14.6. The van der Waals surface area contributed by atoms with E-state index in [1.165, 1.54) is 48.2 Å². The first-order valence-electron chi connectivity index (χ1n) is 38.9. The molecule has 6 amide bonds. The number of amides is 6. The van der Waals surface area contributed by atoms with E-state index in [2.05, 4.69) is 102 Å². The number of benzene rings is 4. The molecule has 0 spiro atoms. The normalized spacial score (nSPS) is 14.9. The third-order valence-corrected chi connectivity index (χ3v) is 29.9. The minimum absolute atomic E-state index is 0.0216. The first-order valence-corrected chi connectivity index (χ1v) is 44.8. The summed E-state index contributed by atoms with van der Waals surface area (Å²) in [6.07, 6.45) is -2.68. The van der Waals surface area contributed by atoms with Crippen molar-refractivity contribution in [3.8, 4) is 46.9 Å². The molecule has 4 heterocycles. The molecule has 2 aliphatic rings. The van der Waals surface area contributed by atoms with Crippen molar-refractivity contribution in [2.24, 2.45) is 0 Å². The maximum absolute atomic E-state index is 16.6. The van der Waals surface area contributed by atoms with Gasteiger partial charge in [0.1, 0.15) is 70.8 Å². The molecule has 2 N–H and O–H groups in total. The number of fused-ring (bicyclic) bond motifs is 2. The van der Waals surface area contributed by atoms with E-state index in [0.717, 1.165) is 45.2 Å². The Balaban J connectivity index is 1.02. The van der Waals surface area contributed by atoms with Crippen LogP contribution in [0.4, 0.5) is 47.3 Å². The number of halogens is 6. The van der Waals surface area contributed by atoms with Gasteiger partial charge in [0.25, 0.3) is 16.6 Å². The minimum atomic E-state index is -2.55.